The van der Waals surface area contributed by atoms with Crippen molar-refractivity contribution in [2.24, 2.45) is 17.8 Å². The average molecular weight is 101 g/mol. The zero-order chi connectivity index (χ0) is 7.35. The molecule has 1 heteroatoms. The van der Waals surface area contributed by atoms with Gasteiger partial charge in [0, 0.05) is 13.6 Å². The summed E-state index contributed by atoms with van der Waals surface area (Å²) < 4.78 is 24.9. The van der Waals surface area contributed by atoms with Crippen LogP contribution in [0.2, 0.25) is 0 Å². The zero-order valence-corrected chi connectivity index (χ0v) is 4.05. The summed E-state index contributed by atoms with van der Waals surface area (Å²) in [5.41, 5.74) is 0. The molecule has 0 aliphatic heterocycles. The first-order valence-corrected chi connectivity index (χ1v) is 2.72. The van der Waals surface area contributed by atoms with Gasteiger partial charge in [-0.1, -0.05) is 0 Å². The summed E-state index contributed by atoms with van der Waals surface area (Å²) in [5.74, 6) is 2.27. The molecule has 0 heterocycles. The standard InChI is InChI=1S/C6H10O/c1-7-3-6-4-2-5(4)6/h4-6H,2-3H2,1H3/t4-,5+,6?/i1D3. The molecule has 0 N–H and O–H groups in total. The zero-order valence-electron chi connectivity index (χ0n) is 7.05. The first kappa shape index (κ1) is 2.06. The molecule has 2 saturated carbocycles. The quantitative estimate of drug-likeness (QED) is 0.502. The van der Waals surface area contributed by atoms with Gasteiger partial charge >= 0.3 is 0 Å². The second-order valence-electron chi connectivity index (χ2n) is 2.54. The summed E-state index contributed by atoms with van der Waals surface area (Å²) in [5, 5.41) is 0. The lowest BCUT2D eigenvalue weighted by molar-refractivity contribution is 0.169. The first-order chi connectivity index (χ1) is 4.58. The molecule has 0 aromatic carbocycles. The number of fused-ring (bicyclic) bond motifs is 1. The summed E-state index contributed by atoms with van der Waals surface area (Å²) in [4.78, 5) is 0. The van der Waals surface area contributed by atoms with E-state index in [2.05, 4.69) is 4.74 Å². The predicted molar refractivity (Wildman–Crippen MR) is 27.0 cm³/mol. The molecule has 3 atom stereocenters. The minimum absolute atomic E-state index is 0.450. The van der Waals surface area contributed by atoms with Crippen molar-refractivity contribution in [3.8, 4) is 0 Å². The summed E-state index contributed by atoms with van der Waals surface area (Å²) in [7, 11) is -2.17. The molecule has 40 valence electrons. The monoisotopic (exact) mass is 101 g/mol. The van der Waals surface area contributed by atoms with Crippen molar-refractivity contribution in [1.82, 2.24) is 0 Å². The van der Waals surface area contributed by atoms with Crippen LogP contribution in [0.5, 0.6) is 0 Å². The lowest BCUT2D eigenvalue weighted by atomic mass is 10.2. The molecule has 1 nitrogen and oxygen atoms in total. The van der Waals surface area contributed by atoms with Crippen LogP contribution in [-0.4, -0.2) is 13.6 Å². The molecular formula is C6H10O. The van der Waals surface area contributed by atoms with Gasteiger partial charge in [0.25, 0.3) is 0 Å². The Labute approximate surface area is 47.9 Å². The fourth-order valence-corrected chi connectivity index (χ4v) is 1.26. The predicted octanol–water partition coefficient (Wildman–Crippen LogP) is 0.899. The van der Waals surface area contributed by atoms with Crippen molar-refractivity contribution in [2.45, 2.75) is 6.42 Å². The lowest BCUT2D eigenvalue weighted by Gasteiger charge is -1.97. The van der Waals surface area contributed by atoms with Crippen LogP contribution in [0, 0.1) is 17.8 Å². The number of ether oxygens (including phenoxy) is 1. The third-order valence-corrected chi connectivity index (χ3v) is 2.13. The SMILES string of the molecule is [2H]C([2H])([2H])OCC1[C@H]2C[C@@H]12. The van der Waals surface area contributed by atoms with E-state index in [1.165, 1.54) is 6.42 Å². The minimum Gasteiger partial charge on any atom is -0.384 e. The van der Waals surface area contributed by atoms with Crippen LogP contribution in [0.4, 0.5) is 0 Å². The molecule has 7 heavy (non-hydrogen) atoms. The Balaban J connectivity index is 1.64. The second-order valence-corrected chi connectivity index (χ2v) is 2.54. The fourth-order valence-electron chi connectivity index (χ4n) is 1.26. The van der Waals surface area contributed by atoms with Crippen molar-refractivity contribution < 1.29 is 8.85 Å². The highest BCUT2D eigenvalue weighted by Gasteiger charge is 2.63. The van der Waals surface area contributed by atoms with Gasteiger partial charge in [0.1, 0.15) is 0 Å². The summed E-state index contributed by atoms with van der Waals surface area (Å²) >= 11 is 0. The second kappa shape index (κ2) is 1.03. The van der Waals surface area contributed by atoms with Crippen LogP contribution in [-0.2, 0) is 4.74 Å². The third kappa shape index (κ3) is 0.418. The third-order valence-electron chi connectivity index (χ3n) is 2.13. The molecule has 2 aliphatic carbocycles. The smallest absolute Gasteiger partial charge is 0.0530 e. The molecule has 0 bridgehead atoms. The van der Waals surface area contributed by atoms with E-state index in [4.69, 9.17) is 4.11 Å². The Morgan fingerprint density at radius 3 is 3.14 bits per heavy atom. The molecular weight excluding hydrogens is 88.1 g/mol. The van der Waals surface area contributed by atoms with Crippen molar-refractivity contribution >= 4 is 0 Å². The summed E-state index contributed by atoms with van der Waals surface area (Å²) in [6, 6.07) is 0. The molecule has 0 aromatic rings. The van der Waals surface area contributed by atoms with Gasteiger partial charge in [-0.25, -0.2) is 0 Å². The summed E-state index contributed by atoms with van der Waals surface area (Å²) in [6.07, 6.45) is 1.31. The van der Waals surface area contributed by atoms with Gasteiger partial charge in [-0.05, 0) is 24.2 Å². The van der Waals surface area contributed by atoms with E-state index in [1.54, 1.807) is 0 Å². The van der Waals surface area contributed by atoms with Crippen molar-refractivity contribution in [1.29, 1.82) is 0 Å². The number of hydrogen-bond acceptors (Lipinski definition) is 1. The van der Waals surface area contributed by atoms with E-state index in [9.17, 15) is 0 Å². The molecule has 2 rings (SSSR count). The topological polar surface area (TPSA) is 9.23 Å². The number of rotatable bonds is 2. The molecule has 0 aromatic heterocycles. The van der Waals surface area contributed by atoms with Gasteiger partial charge in [0.15, 0.2) is 0 Å². The minimum atomic E-state index is -2.17. The van der Waals surface area contributed by atoms with Crippen LogP contribution >= 0.6 is 0 Å². The van der Waals surface area contributed by atoms with E-state index in [0.717, 1.165) is 11.8 Å². The molecule has 2 fully saturated rings. The van der Waals surface area contributed by atoms with Crippen molar-refractivity contribution in [2.75, 3.05) is 13.6 Å². The van der Waals surface area contributed by atoms with Gasteiger partial charge < -0.3 is 4.74 Å². The average Bonchev–Trinajstić information content (AvgIpc) is 2.42. The fraction of sp³-hybridized carbons (Fsp3) is 1.00. The van der Waals surface area contributed by atoms with Gasteiger partial charge in [-0.3, -0.25) is 0 Å². The number of hydrogen-bond donors (Lipinski definition) is 0. The highest BCUT2D eigenvalue weighted by Crippen LogP contribution is 2.67. The number of methoxy groups -OCH3 is 1. The maximum Gasteiger partial charge on any atom is 0.0530 e. The Morgan fingerprint density at radius 2 is 2.71 bits per heavy atom. The van der Waals surface area contributed by atoms with Gasteiger partial charge in [0.2, 0.25) is 0 Å². The van der Waals surface area contributed by atoms with Crippen LogP contribution in [0.25, 0.3) is 0 Å². The maximum absolute atomic E-state index is 6.74. The van der Waals surface area contributed by atoms with E-state index in [1.807, 2.05) is 0 Å². The molecule has 0 amide bonds. The Morgan fingerprint density at radius 1 is 1.86 bits per heavy atom. The van der Waals surface area contributed by atoms with E-state index < -0.39 is 7.04 Å². The maximum atomic E-state index is 6.74. The van der Waals surface area contributed by atoms with Crippen molar-refractivity contribution in [3.05, 3.63) is 0 Å². The van der Waals surface area contributed by atoms with Crippen LogP contribution in [0.3, 0.4) is 0 Å². The van der Waals surface area contributed by atoms with Crippen LogP contribution in [0.15, 0.2) is 0 Å². The Kier molecular flexibility index (Phi) is 0.301. The lowest BCUT2D eigenvalue weighted by Crippen LogP contribution is -1.97. The molecule has 0 spiro atoms. The van der Waals surface area contributed by atoms with Crippen LogP contribution in [0.1, 0.15) is 10.5 Å². The molecule has 2 aliphatic rings. The Hall–Kier alpha value is -0.0400. The highest BCUT2D eigenvalue weighted by molar-refractivity contribution is 5.11. The molecule has 0 radical (unpaired) electrons. The van der Waals surface area contributed by atoms with E-state index in [-0.39, 0.29) is 0 Å². The molecule has 1 unspecified atom stereocenters. The molecule has 0 saturated heterocycles. The van der Waals surface area contributed by atoms with Gasteiger partial charge in [-0.15, -0.1) is 0 Å². The van der Waals surface area contributed by atoms with Gasteiger partial charge in [-0.2, -0.15) is 0 Å². The van der Waals surface area contributed by atoms with E-state index >= 15 is 0 Å². The summed E-state index contributed by atoms with van der Waals surface area (Å²) in [6.45, 7) is 0.450. The highest BCUT2D eigenvalue weighted by atomic mass is 16.5. The normalized spacial score (nSPS) is 61.7. The van der Waals surface area contributed by atoms with E-state index in [0.29, 0.717) is 12.5 Å². The first-order valence-electron chi connectivity index (χ1n) is 4.22. The Bertz CT molecular complexity index is 146. The largest absolute Gasteiger partial charge is 0.384 e. The van der Waals surface area contributed by atoms with Gasteiger partial charge in [0.05, 0.1) is 4.11 Å². The van der Waals surface area contributed by atoms with Crippen LogP contribution < -0.4 is 0 Å². The van der Waals surface area contributed by atoms with Crippen molar-refractivity contribution in [3.63, 3.8) is 0 Å².